The molecule has 1 aliphatic heterocycles. The minimum atomic E-state index is 0.215. The Labute approximate surface area is 135 Å². The Balaban J connectivity index is 1.67. The van der Waals surface area contributed by atoms with Gasteiger partial charge in [0, 0.05) is 25.0 Å². The van der Waals surface area contributed by atoms with Gasteiger partial charge in [-0.05, 0) is 51.6 Å². The van der Waals surface area contributed by atoms with Crippen molar-refractivity contribution in [3.8, 4) is 0 Å². The zero-order chi connectivity index (χ0) is 15.4. The Morgan fingerprint density at radius 3 is 2.27 bits per heavy atom. The van der Waals surface area contributed by atoms with Crippen LogP contribution < -0.4 is 0 Å². The van der Waals surface area contributed by atoms with Gasteiger partial charge >= 0.3 is 0 Å². The molecule has 0 aromatic carbocycles. The zero-order valence-corrected chi connectivity index (χ0v) is 14.2. The number of likely N-dealkylation sites (tertiary alicyclic amines) is 1. The van der Waals surface area contributed by atoms with E-state index in [1.165, 1.54) is 64.5 Å². The molecule has 2 aliphatic carbocycles. The number of piperidine rings is 1. The van der Waals surface area contributed by atoms with E-state index in [1.807, 2.05) is 7.05 Å². The molecule has 0 bridgehead atoms. The average molecular weight is 304 g/mol. The molecule has 3 nitrogen and oxygen atoms in total. The molecule has 0 spiro atoms. The molecule has 1 saturated carbocycles. The predicted octanol–water partition coefficient (Wildman–Crippen LogP) is 3.60. The molecule has 3 rings (SSSR count). The van der Waals surface area contributed by atoms with Crippen molar-refractivity contribution >= 4 is 5.91 Å². The fourth-order valence-electron chi connectivity index (χ4n) is 4.80. The quantitative estimate of drug-likeness (QED) is 0.741. The molecule has 2 fully saturated rings. The van der Waals surface area contributed by atoms with Gasteiger partial charge in [0.05, 0.1) is 0 Å². The summed E-state index contributed by atoms with van der Waals surface area (Å²) in [6, 6.07) is 0. The average Bonchev–Trinajstić information content (AvgIpc) is 3.10. The van der Waals surface area contributed by atoms with E-state index in [0.717, 1.165) is 19.4 Å². The summed E-state index contributed by atoms with van der Waals surface area (Å²) in [5, 5.41) is 0. The minimum absolute atomic E-state index is 0.215. The van der Waals surface area contributed by atoms with Crippen LogP contribution in [0.25, 0.3) is 0 Å². The molecule has 3 heteroatoms. The standard InChI is InChI=1S/C19H32N2O/c1-20(18(22)17-10-4-5-11-17)16-19(12-6-2-7-13-19)21-14-8-3-9-15-21/h4-5,17H,2-3,6-16H2,1H3. The highest BCUT2D eigenvalue weighted by Gasteiger charge is 2.40. The molecular formula is C19H32N2O. The van der Waals surface area contributed by atoms with Crippen molar-refractivity contribution in [1.82, 2.24) is 9.80 Å². The third kappa shape index (κ3) is 3.40. The normalized spacial score (nSPS) is 26.2. The van der Waals surface area contributed by atoms with Gasteiger partial charge in [0.25, 0.3) is 0 Å². The van der Waals surface area contributed by atoms with Crippen LogP contribution in [0.3, 0.4) is 0 Å². The van der Waals surface area contributed by atoms with E-state index in [-0.39, 0.29) is 11.5 Å². The first kappa shape index (κ1) is 16.0. The Bertz CT molecular complexity index is 398. The molecule has 3 aliphatic rings. The van der Waals surface area contributed by atoms with Crippen molar-refractivity contribution in [3.63, 3.8) is 0 Å². The van der Waals surface area contributed by atoms with E-state index in [1.54, 1.807) is 0 Å². The second-order valence-electron chi connectivity index (χ2n) is 7.67. The summed E-state index contributed by atoms with van der Waals surface area (Å²) in [5.74, 6) is 0.582. The monoisotopic (exact) mass is 304 g/mol. The summed E-state index contributed by atoms with van der Waals surface area (Å²) in [6.45, 7) is 3.43. The molecule has 1 saturated heterocycles. The first-order chi connectivity index (χ1) is 10.7. The van der Waals surface area contributed by atoms with Crippen molar-refractivity contribution in [2.45, 2.75) is 69.7 Å². The molecule has 0 unspecified atom stereocenters. The first-order valence-corrected chi connectivity index (χ1v) is 9.36. The highest BCUT2D eigenvalue weighted by molar-refractivity contribution is 5.79. The van der Waals surface area contributed by atoms with Crippen molar-refractivity contribution < 1.29 is 4.79 Å². The van der Waals surface area contributed by atoms with Gasteiger partial charge in [-0.2, -0.15) is 0 Å². The van der Waals surface area contributed by atoms with Crippen LogP contribution in [0.15, 0.2) is 12.2 Å². The number of carbonyl (C=O) groups is 1. The van der Waals surface area contributed by atoms with Gasteiger partial charge in [0.15, 0.2) is 0 Å². The molecule has 0 aromatic rings. The second-order valence-corrected chi connectivity index (χ2v) is 7.67. The lowest BCUT2D eigenvalue weighted by Crippen LogP contribution is -2.58. The molecule has 0 N–H and O–H groups in total. The molecule has 124 valence electrons. The zero-order valence-electron chi connectivity index (χ0n) is 14.2. The smallest absolute Gasteiger partial charge is 0.226 e. The molecule has 0 aromatic heterocycles. The number of hydrogen-bond donors (Lipinski definition) is 0. The summed E-state index contributed by atoms with van der Waals surface area (Å²) < 4.78 is 0. The van der Waals surface area contributed by atoms with Crippen LogP contribution in [0, 0.1) is 5.92 Å². The maximum absolute atomic E-state index is 12.7. The van der Waals surface area contributed by atoms with Crippen LogP contribution in [0.5, 0.6) is 0 Å². The number of nitrogens with zero attached hydrogens (tertiary/aromatic N) is 2. The maximum Gasteiger partial charge on any atom is 0.226 e. The van der Waals surface area contributed by atoms with E-state index in [0.29, 0.717) is 5.91 Å². The van der Waals surface area contributed by atoms with Crippen molar-refractivity contribution in [1.29, 1.82) is 0 Å². The largest absolute Gasteiger partial charge is 0.344 e. The predicted molar refractivity (Wildman–Crippen MR) is 90.7 cm³/mol. The minimum Gasteiger partial charge on any atom is -0.344 e. The topological polar surface area (TPSA) is 23.6 Å². The highest BCUT2D eigenvalue weighted by atomic mass is 16.2. The van der Waals surface area contributed by atoms with Crippen LogP contribution in [0.1, 0.15) is 64.2 Å². The van der Waals surface area contributed by atoms with Gasteiger partial charge in [0.2, 0.25) is 5.91 Å². The molecule has 0 atom stereocenters. The van der Waals surface area contributed by atoms with Gasteiger partial charge in [-0.15, -0.1) is 0 Å². The summed E-state index contributed by atoms with van der Waals surface area (Å²) in [5.41, 5.74) is 0.273. The highest BCUT2D eigenvalue weighted by Crippen LogP contribution is 2.36. The maximum atomic E-state index is 12.7. The van der Waals surface area contributed by atoms with E-state index >= 15 is 0 Å². The number of hydrogen-bond acceptors (Lipinski definition) is 2. The van der Waals surface area contributed by atoms with Crippen molar-refractivity contribution in [2.24, 2.45) is 5.92 Å². The summed E-state index contributed by atoms with van der Waals surface area (Å²) in [7, 11) is 2.04. The lowest BCUT2D eigenvalue weighted by molar-refractivity contribution is -0.136. The lowest BCUT2D eigenvalue weighted by atomic mass is 9.78. The third-order valence-electron chi connectivity index (χ3n) is 6.08. The van der Waals surface area contributed by atoms with Gasteiger partial charge < -0.3 is 4.90 Å². The van der Waals surface area contributed by atoms with Crippen LogP contribution in [0.2, 0.25) is 0 Å². The fraction of sp³-hybridized carbons (Fsp3) is 0.842. The second kappa shape index (κ2) is 7.16. The summed E-state index contributed by atoms with van der Waals surface area (Å²) in [6.07, 6.45) is 16.9. The van der Waals surface area contributed by atoms with Crippen LogP contribution in [0.4, 0.5) is 0 Å². The number of amides is 1. The Hall–Kier alpha value is -0.830. The Morgan fingerprint density at radius 1 is 1.05 bits per heavy atom. The summed E-state index contributed by atoms with van der Waals surface area (Å²) >= 11 is 0. The number of rotatable bonds is 4. The number of allylic oxidation sites excluding steroid dienone is 2. The van der Waals surface area contributed by atoms with E-state index in [4.69, 9.17) is 0 Å². The summed E-state index contributed by atoms with van der Waals surface area (Å²) in [4.78, 5) is 17.5. The van der Waals surface area contributed by atoms with E-state index in [2.05, 4.69) is 22.0 Å². The van der Waals surface area contributed by atoms with Gasteiger partial charge in [-0.3, -0.25) is 9.69 Å². The van der Waals surface area contributed by atoms with Crippen molar-refractivity contribution in [3.05, 3.63) is 12.2 Å². The van der Waals surface area contributed by atoms with Crippen LogP contribution >= 0.6 is 0 Å². The van der Waals surface area contributed by atoms with E-state index in [9.17, 15) is 4.79 Å². The lowest BCUT2D eigenvalue weighted by Gasteiger charge is -2.50. The van der Waals surface area contributed by atoms with Gasteiger partial charge in [-0.1, -0.05) is 37.8 Å². The van der Waals surface area contributed by atoms with E-state index < -0.39 is 0 Å². The third-order valence-corrected chi connectivity index (χ3v) is 6.08. The number of carbonyl (C=O) groups excluding carboxylic acids is 1. The van der Waals surface area contributed by atoms with Crippen molar-refractivity contribution in [2.75, 3.05) is 26.7 Å². The van der Waals surface area contributed by atoms with Crippen LogP contribution in [-0.2, 0) is 4.79 Å². The molecule has 1 amide bonds. The number of likely N-dealkylation sites (N-methyl/N-ethyl adjacent to an activating group) is 1. The molecular weight excluding hydrogens is 272 g/mol. The van der Waals surface area contributed by atoms with Crippen LogP contribution in [-0.4, -0.2) is 47.9 Å². The Kier molecular flexibility index (Phi) is 5.22. The molecule has 0 radical (unpaired) electrons. The Morgan fingerprint density at radius 2 is 1.64 bits per heavy atom. The molecule has 22 heavy (non-hydrogen) atoms. The van der Waals surface area contributed by atoms with Gasteiger partial charge in [-0.25, -0.2) is 0 Å². The SMILES string of the molecule is CN(CC1(N2CCCCC2)CCCCC1)C(=O)C1CC=CC1. The van der Waals surface area contributed by atoms with Gasteiger partial charge in [0.1, 0.15) is 0 Å². The molecule has 1 heterocycles. The first-order valence-electron chi connectivity index (χ1n) is 9.36. The fourth-order valence-corrected chi connectivity index (χ4v) is 4.80.